The monoisotopic (exact) mass is 768 g/mol. The number of fused-ring (bicyclic) bond motifs is 2. The molecule has 0 unspecified atom stereocenters. The normalized spacial score (nSPS) is 10.7. The summed E-state index contributed by atoms with van der Waals surface area (Å²) in [5.41, 5.74) is 16.5. The molecule has 0 saturated carbocycles. The number of benzene rings is 4. The Hall–Kier alpha value is -2.22. The van der Waals surface area contributed by atoms with Crippen LogP contribution < -0.4 is 0 Å². The predicted octanol–water partition coefficient (Wildman–Crippen LogP) is 14.7. The molecule has 0 amide bonds. The van der Waals surface area contributed by atoms with Gasteiger partial charge in [0, 0.05) is 9.52 Å². The van der Waals surface area contributed by atoms with Crippen molar-refractivity contribution in [3.63, 3.8) is 0 Å². The SMILES string of the molecule is C[Si]C.Cc1cc(C)c(C)c(-c2cccc3[cH-]c(C(C)C)cc23)c1.Cc1cc(C)c(C)c(-c2cccc3[cH-]c(C(C)C)cc23)c1.[Cl][Zr+2][Cl]. The average Bonchev–Trinajstić information content (AvgIpc) is 3.67. The summed E-state index contributed by atoms with van der Waals surface area (Å²) >= 11 is -0.826. The van der Waals surface area contributed by atoms with Gasteiger partial charge in [-0.2, -0.15) is 12.1 Å². The maximum atomic E-state index is 4.93. The second-order valence-corrected chi connectivity index (χ2v) is 18.3. The molecule has 6 aromatic rings. The van der Waals surface area contributed by atoms with E-state index in [1.165, 1.54) is 88.3 Å². The van der Waals surface area contributed by atoms with Crippen LogP contribution in [0.15, 0.2) is 84.9 Å². The van der Waals surface area contributed by atoms with E-state index >= 15 is 0 Å². The van der Waals surface area contributed by atoms with Crippen molar-refractivity contribution in [2.45, 2.75) is 94.2 Å². The molecule has 0 nitrogen and oxygen atoms in total. The van der Waals surface area contributed by atoms with Gasteiger partial charge >= 0.3 is 37.9 Å². The maximum absolute atomic E-state index is 4.93. The van der Waals surface area contributed by atoms with Crippen molar-refractivity contribution in [2.75, 3.05) is 0 Å². The van der Waals surface area contributed by atoms with Crippen LogP contribution in [0.25, 0.3) is 43.8 Å². The summed E-state index contributed by atoms with van der Waals surface area (Å²) in [6, 6.07) is 31.9. The van der Waals surface area contributed by atoms with Gasteiger partial charge in [-0.1, -0.05) is 99.4 Å². The van der Waals surface area contributed by atoms with Crippen LogP contribution in [-0.2, 0) is 20.8 Å². The van der Waals surface area contributed by atoms with Crippen LogP contribution in [0.3, 0.4) is 0 Å². The second-order valence-electron chi connectivity index (χ2n) is 13.6. The van der Waals surface area contributed by atoms with E-state index in [2.05, 4.69) is 167 Å². The van der Waals surface area contributed by atoms with Gasteiger partial charge in [-0.25, -0.2) is 0 Å². The molecule has 0 aromatic heterocycles. The molecule has 6 rings (SSSR count). The van der Waals surface area contributed by atoms with Crippen molar-refractivity contribution < 1.29 is 20.8 Å². The molecule has 4 heteroatoms. The molecule has 0 bridgehead atoms. The molecule has 0 N–H and O–H groups in total. The second kappa shape index (κ2) is 18.7. The summed E-state index contributed by atoms with van der Waals surface area (Å²) in [7, 11) is 11.0. The fraction of sp³-hybridized carbons (Fsp3) is 0.318. The average molecular weight is 771 g/mol. The molecule has 250 valence electrons. The third kappa shape index (κ3) is 9.94. The quantitative estimate of drug-likeness (QED) is 0.124. The van der Waals surface area contributed by atoms with Crippen molar-refractivity contribution in [1.29, 1.82) is 0 Å². The number of rotatable bonds is 4. The summed E-state index contributed by atoms with van der Waals surface area (Å²) in [5, 5.41) is 5.48. The molecular weight excluding hydrogens is 719 g/mol. The van der Waals surface area contributed by atoms with Crippen LogP contribution in [0.1, 0.15) is 84.0 Å². The zero-order valence-corrected chi connectivity index (χ0v) is 36.0. The van der Waals surface area contributed by atoms with E-state index in [9.17, 15) is 0 Å². The molecule has 0 fully saturated rings. The van der Waals surface area contributed by atoms with E-state index in [0.29, 0.717) is 11.8 Å². The molecular formula is C44H52Cl2SiZr. The standard InChI is InChI=1S/2C21H23.C2H6Si.2ClH.Zr/c2*1-13(2)18-11-17-7-6-8-19(21(17)12-18)20-10-14(3)9-15(4)16(20)5;1-3-2;;;/h2*6-13H,1-5H3;1-2H3;2*1H;/q2*-1;;;;+4/p-2. The van der Waals surface area contributed by atoms with Crippen LogP contribution >= 0.6 is 17.0 Å². The van der Waals surface area contributed by atoms with Gasteiger partial charge in [0.25, 0.3) is 0 Å². The van der Waals surface area contributed by atoms with E-state index in [0.717, 1.165) is 9.52 Å². The Morgan fingerprint density at radius 2 is 0.875 bits per heavy atom. The van der Waals surface area contributed by atoms with Gasteiger partial charge in [0.05, 0.1) is 0 Å². The van der Waals surface area contributed by atoms with Crippen LogP contribution in [0.2, 0.25) is 13.1 Å². The van der Waals surface area contributed by atoms with Crippen molar-refractivity contribution in [3.05, 3.63) is 129 Å². The van der Waals surface area contributed by atoms with Gasteiger partial charge < -0.3 is 0 Å². The zero-order chi connectivity index (χ0) is 35.7. The van der Waals surface area contributed by atoms with Crippen LogP contribution in [0.4, 0.5) is 0 Å². The van der Waals surface area contributed by atoms with E-state index in [1.54, 1.807) is 0 Å². The first-order chi connectivity index (χ1) is 22.8. The molecule has 0 aliphatic carbocycles. The third-order valence-corrected chi connectivity index (χ3v) is 9.08. The Morgan fingerprint density at radius 3 is 1.19 bits per heavy atom. The molecule has 0 saturated heterocycles. The first-order valence-electron chi connectivity index (χ1n) is 16.9. The number of hydrogen-bond donors (Lipinski definition) is 0. The molecule has 0 aliphatic rings. The minimum absolute atomic E-state index is 0.575. The summed E-state index contributed by atoms with van der Waals surface area (Å²) in [6.07, 6.45) is 0. The van der Waals surface area contributed by atoms with E-state index in [-0.39, 0.29) is 0 Å². The summed E-state index contributed by atoms with van der Waals surface area (Å²) in [6.45, 7) is 26.6. The van der Waals surface area contributed by atoms with Gasteiger partial charge in [0.15, 0.2) is 0 Å². The fourth-order valence-electron chi connectivity index (χ4n) is 6.29. The van der Waals surface area contributed by atoms with Crippen LogP contribution in [0, 0.1) is 41.5 Å². The topological polar surface area (TPSA) is 0 Å². The Labute approximate surface area is 312 Å². The molecule has 0 spiro atoms. The van der Waals surface area contributed by atoms with Gasteiger partial charge in [0.1, 0.15) is 0 Å². The molecule has 6 aromatic carbocycles. The molecule has 0 heterocycles. The van der Waals surface area contributed by atoms with Gasteiger partial charge in [-0.05, 0) is 86.8 Å². The van der Waals surface area contributed by atoms with Gasteiger partial charge in [-0.3, -0.25) is 0 Å². The van der Waals surface area contributed by atoms with Gasteiger partial charge in [0.2, 0.25) is 0 Å². The van der Waals surface area contributed by atoms with Crippen LogP contribution in [0.5, 0.6) is 0 Å². The molecule has 0 aliphatic heterocycles. The van der Waals surface area contributed by atoms with Crippen molar-refractivity contribution >= 4 is 48.1 Å². The Bertz CT molecular complexity index is 1800. The third-order valence-electron chi connectivity index (χ3n) is 9.08. The first kappa shape index (κ1) is 40.2. The Balaban J connectivity index is 0.000000224. The number of hydrogen-bond acceptors (Lipinski definition) is 0. The molecule has 2 radical (unpaired) electrons. The predicted molar refractivity (Wildman–Crippen MR) is 216 cm³/mol. The first-order valence-corrected chi connectivity index (χ1v) is 25.2. The van der Waals surface area contributed by atoms with Crippen molar-refractivity contribution in [1.82, 2.24) is 0 Å². The Morgan fingerprint density at radius 1 is 0.542 bits per heavy atom. The zero-order valence-electron chi connectivity index (χ0n) is 31.0. The number of aryl methyl sites for hydroxylation is 4. The summed E-state index contributed by atoms with van der Waals surface area (Å²) in [5.74, 6) is 1.15. The Kier molecular flexibility index (Phi) is 15.7. The molecule has 48 heavy (non-hydrogen) atoms. The fourth-order valence-corrected chi connectivity index (χ4v) is 6.29. The van der Waals surface area contributed by atoms with Gasteiger partial charge in [-0.15, -0.1) is 69.1 Å². The van der Waals surface area contributed by atoms with Crippen molar-refractivity contribution in [2.24, 2.45) is 0 Å². The van der Waals surface area contributed by atoms with Crippen molar-refractivity contribution in [3.8, 4) is 22.3 Å². The summed E-state index contributed by atoms with van der Waals surface area (Å²) < 4.78 is 0. The van der Waals surface area contributed by atoms with E-state index in [4.69, 9.17) is 17.0 Å². The minimum atomic E-state index is -0.826. The molecule has 0 atom stereocenters. The number of halogens is 2. The van der Waals surface area contributed by atoms with E-state index < -0.39 is 20.8 Å². The van der Waals surface area contributed by atoms with Crippen LogP contribution in [-0.4, -0.2) is 9.52 Å². The summed E-state index contributed by atoms with van der Waals surface area (Å²) in [4.78, 5) is 0. The van der Waals surface area contributed by atoms with E-state index in [1.807, 2.05) is 0 Å².